The summed E-state index contributed by atoms with van der Waals surface area (Å²) >= 11 is 1.75. The van der Waals surface area contributed by atoms with Gasteiger partial charge in [-0.25, -0.2) is 14.6 Å². The number of unbranched alkanes of at least 4 members (excludes halogenated alkanes) is 3. The molecule has 3 aromatic carbocycles. The number of urea groups is 1. The molecule has 5 rings (SSSR count). The van der Waals surface area contributed by atoms with Crippen molar-refractivity contribution in [2.24, 2.45) is 41.2 Å². The minimum absolute atomic E-state index is 0.00279. The second kappa shape index (κ2) is 64.4. The summed E-state index contributed by atoms with van der Waals surface area (Å²) in [6.07, 6.45) is 1.73. The fourth-order valence-electron chi connectivity index (χ4n) is 15.1. The number of amides is 8. The number of ketones is 4. The van der Waals surface area contributed by atoms with Gasteiger partial charge < -0.3 is 97.1 Å². The Bertz CT molecular complexity index is 4630. The molecular formula is C95H136N12O28S3. The molecule has 762 valence electrons. The van der Waals surface area contributed by atoms with Crippen LogP contribution in [-0.2, 0) is 119 Å². The molecule has 0 saturated carbocycles. The third-order valence-electron chi connectivity index (χ3n) is 22.9. The molecule has 0 spiro atoms. The van der Waals surface area contributed by atoms with E-state index in [9.17, 15) is 112 Å². The van der Waals surface area contributed by atoms with E-state index in [0.717, 1.165) is 66.0 Å². The second-order valence-electron chi connectivity index (χ2n) is 34.5. The maximum Gasteiger partial charge on any atom is 0.326 e. The highest BCUT2D eigenvalue weighted by atomic mass is 33.1. The normalized spacial score (nSPS) is 15.2. The highest BCUT2D eigenvalue weighted by Crippen LogP contribution is 2.35. The smallest absolute Gasteiger partial charge is 0.326 e. The number of hydrogen-bond acceptors (Lipinski definition) is 31. The molecule has 40 nitrogen and oxygen atoms in total. The number of carboxylic acid groups (broad SMARTS) is 4. The van der Waals surface area contributed by atoms with Crippen LogP contribution in [0.15, 0.2) is 90.3 Å². The first-order valence-electron chi connectivity index (χ1n) is 46.2. The third-order valence-corrected chi connectivity index (χ3v) is 25.7. The SMILES string of the molecule is CC(=O)OSSC[C@H](CC(=O)[C@H](CC(=O)O)NC(=O)[C@@H](N)CNC(=O)[C@@H](CC(=O)[C@H](Cc1ccccc1)NC(=O)CCCCCCNC(=O)CC[C@H](NC(=O)N[C@@H](CCC(=O)O)OC=O)C(=O)O)Cc1ccccc1)C(=O)O.CCCC(=O)OCN(C(=O)[C@@H](CC(=O)[C@H]1CCCCN1C)C(C)CC)[C@H](C[C@@H](OC(C)=O)c1nc(C(=O)N[C@@H](Cc2ccc(O)cc2)C[C@H](C)C(=O)CNC)cs1)C(C)C. The molecule has 0 bridgehead atoms. The van der Waals surface area contributed by atoms with Crippen molar-refractivity contribution in [2.45, 2.75) is 264 Å². The molecule has 1 unspecified atom stereocenters. The van der Waals surface area contributed by atoms with E-state index in [1.54, 1.807) is 97.4 Å². The monoisotopic (exact) mass is 1990 g/mol. The lowest BCUT2D eigenvalue weighted by atomic mass is 9.82. The summed E-state index contributed by atoms with van der Waals surface area (Å²) in [6.45, 7) is 14.3. The van der Waals surface area contributed by atoms with Crippen molar-refractivity contribution in [1.82, 2.24) is 57.3 Å². The number of phenols is 1. The highest BCUT2D eigenvalue weighted by molar-refractivity contribution is 8.75. The molecule has 1 aromatic heterocycles. The number of rotatable bonds is 66. The number of aromatic hydroxyl groups is 1. The van der Waals surface area contributed by atoms with Gasteiger partial charge in [0.25, 0.3) is 12.4 Å². The van der Waals surface area contributed by atoms with Gasteiger partial charge in [-0.2, -0.15) is 0 Å². The molecular weight excluding hydrogens is 1850 g/mol. The van der Waals surface area contributed by atoms with Crippen LogP contribution in [0.3, 0.4) is 0 Å². The summed E-state index contributed by atoms with van der Waals surface area (Å²) < 4.78 is 20.9. The van der Waals surface area contributed by atoms with Gasteiger partial charge >= 0.3 is 47.8 Å². The summed E-state index contributed by atoms with van der Waals surface area (Å²) in [7, 11) is 4.48. The number of nitrogens with one attached hydrogen (secondary N) is 8. The van der Waals surface area contributed by atoms with Gasteiger partial charge in [0.1, 0.15) is 45.4 Å². The van der Waals surface area contributed by atoms with Crippen LogP contribution in [0.2, 0.25) is 0 Å². The molecule has 0 radical (unpaired) electrons. The lowest BCUT2D eigenvalue weighted by molar-refractivity contribution is -0.162. The molecule has 1 aliphatic heterocycles. The van der Waals surface area contributed by atoms with Crippen LogP contribution < -0.4 is 48.3 Å². The van der Waals surface area contributed by atoms with Crippen LogP contribution in [0.25, 0.3) is 0 Å². The van der Waals surface area contributed by atoms with Gasteiger partial charge in [0.05, 0.1) is 43.4 Å². The summed E-state index contributed by atoms with van der Waals surface area (Å²) in [5.41, 5.74) is 8.46. The summed E-state index contributed by atoms with van der Waals surface area (Å²) in [5, 5.41) is 69.7. The van der Waals surface area contributed by atoms with Crippen molar-refractivity contribution in [3.63, 3.8) is 0 Å². The molecule has 1 saturated heterocycles. The van der Waals surface area contributed by atoms with Crippen molar-refractivity contribution < 1.29 is 135 Å². The van der Waals surface area contributed by atoms with Gasteiger partial charge in [0.15, 0.2) is 36.4 Å². The molecule has 8 amide bonds. The zero-order chi connectivity index (χ0) is 103. The van der Waals surface area contributed by atoms with Crippen LogP contribution >= 0.6 is 33.2 Å². The van der Waals surface area contributed by atoms with Gasteiger partial charge in [-0.3, -0.25) is 86.4 Å². The number of likely N-dealkylation sites (tertiary alicyclic amines) is 1. The van der Waals surface area contributed by atoms with Crippen LogP contribution in [-0.4, -0.2) is 254 Å². The Hall–Kier alpha value is -11.8. The Balaban J connectivity index is 0.000000595. The molecule has 138 heavy (non-hydrogen) atoms. The molecule has 43 heteroatoms. The van der Waals surface area contributed by atoms with Gasteiger partial charge in [-0.15, -0.1) is 11.3 Å². The fraction of sp³-hybridized carbons (Fsp3) is 0.579. The van der Waals surface area contributed by atoms with Gasteiger partial charge in [0.2, 0.25) is 29.5 Å². The first-order chi connectivity index (χ1) is 65.6. The minimum atomic E-state index is -1.69. The first kappa shape index (κ1) is 119. The van der Waals surface area contributed by atoms with E-state index in [1.165, 1.54) is 11.8 Å². The van der Waals surface area contributed by atoms with E-state index in [2.05, 4.69) is 61.3 Å². The number of carboxylic acids is 4. The van der Waals surface area contributed by atoms with Gasteiger partial charge in [-0.1, -0.05) is 151 Å². The van der Waals surface area contributed by atoms with E-state index in [0.29, 0.717) is 73.0 Å². The number of carbonyl (C=O) groups excluding carboxylic acids is 15. The summed E-state index contributed by atoms with van der Waals surface area (Å²) in [6, 6.07) is 16.1. The van der Waals surface area contributed by atoms with E-state index in [-0.39, 0.29) is 149 Å². The lowest BCUT2D eigenvalue weighted by Crippen LogP contribution is -2.53. The summed E-state index contributed by atoms with van der Waals surface area (Å²) in [5.74, 6) is -15.8. The molecule has 1 fully saturated rings. The molecule has 4 aromatic rings. The number of aliphatic carboxylic acids is 4. The van der Waals surface area contributed by atoms with Crippen molar-refractivity contribution in [3.8, 4) is 5.75 Å². The quantitative estimate of drug-likeness (QED) is 0.00383. The largest absolute Gasteiger partial charge is 0.508 e. The van der Waals surface area contributed by atoms with Crippen LogP contribution in [0.4, 0.5) is 4.79 Å². The standard InChI is InChI=1S/C50H67N7O19S2.C45H69N5O9S/c1-30(59)76-78-77-28-34(48(70)71)25-40(61)38(26-45(66)67)55-47(69)35(51)27-53-46(68)33(22-31-12-6-4-7-13-31)24-39(60)37(23-32-14-8-5-9-15-32)54-42(63)16-10-2-3-11-21-52-41(62)18-17-36(49(72)73)56-50(74)57-43(75-29-58)19-20-44(64)65;1-10-14-42(55)58-27-50(45(57)35(29(5)11-2)23-39(53)37-15-12-13-20-49(37)9)38(28(3)4)24-41(59-31(7)51)44-48-36(26-60-44)43(56)47-33(21-30(6)40(54)25-46-8)22-32-16-18-34(52)19-17-32/h4-9,12-15,29,33-38,43H,2-3,10-11,16-28,51H2,1H3,(H,52,62)(H,53,68)(H,54,63)(H,55,69)(H,64,65)(H,66,67)(H,70,71)(H,72,73)(H2,56,57,74);16-19,26,28-30,33,35,37-38,41,46,52H,10-15,20-25,27H2,1-9H3,(H,47,56)/t33-,34+,35+,36+,37+,38+,43-;29?,30-,33+,35-,37+,38+,41+/m10/s1. The average Bonchev–Trinajstić information content (AvgIpc) is 1.53. The third kappa shape index (κ3) is 46.1. The Morgan fingerprint density at radius 2 is 1.29 bits per heavy atom. The molecule has 15 N–H and O–H groups in total. The zero-order valence-corrected chi connectivity index (χ0v) is 82.3. The molecule has 1 aliphatic rings. The van der Waals surface area contributed by atoms with E-state index in [1.807, 2.05) is 48.6 Å². The number of likely N-dealkylation sites (N-methyl/N-ethyl adjacent to an activating group) is 2. The maximum atomic E-state index is 14.9. The Morgan fingerprint density at radius 1 is 0.645 bits per heavy atom. The van der Waals surface area contributed by atoms with Crippen LogP contribution in [0.1, 0.15) is 229 Å². The number of Topliss-reactive ketones (excluding diaryl/α,β-unsaturated/α-hetero) is 4. The maximum absolute atomic E-state index is 14.9. The number of ether oxygens (including phenoxy) is 3. The predicted octanol–water partition coefficient (Wildman–Crippen LogP) is 7.68. The van der Waals surface area contributed by atoms with Crippen molar-refractivity contribution in [2.75, 3.05) is 52.8 Å². The summed E-state index contributed by atoms with van der Waals surface area (Å²) in [4.78, 5) is 249. The first-order valence-corrected chi connectivity index (χ1v) is 49.3. The zero-order valence-electron chi connectivity index (χ0n) is 79.9. The van der Waals surface area contributed by atoms with E-state index >= 15 is 0 Å². The van der Waals surface area contributed by atoms with Crippen molar-refractivity contribution in [1.29, 1.82) is 0 Å². The Labute approximate surface area is 815 Å². The number of carbonyl (C=O) groups is 19. The molecule has 14 atom stereocenters. The van der Waals surface area contributed by atoms with Crippen LogP contribution in [0, 0.1) is 35.5 Å². The second-order valence-corrected chi connectivity index (χ2v) is 37.4. The van der Waals surface area contributed by atoms with Crippen LogP contribution in [0.5, 0.6) is 5.75 Å². The minimum Gasteiger partial charge on any atom is -0.508 e. The lowest BCUT2D eigenvalue weighted by Gasteiger charge is -2.39. The predicted molar refractivity (Wildman–Crippen MR) is 510 cm³/mol. The van der Waals surface area contributed by atoms with Gasteiger partial charge in [-0.05, 0) is 126 Å². The van der Waals surface area contributed by atoms with Crippen molar-refractivity contribution in [3.05, 3.63) is 118 Å². The Kier molecular flexibility index (Phi) is 55.3. The molecule has 0 aliphatic carbocycles. The fourth-order valence-corrected chi connectivity index (χ4v) is 17.6. The number of nitrogens with two attached hydrogens (primary N) is 1. The topological polar surface area (TPSA) is 604 Å². The highest BCUT2D eigenvalue weighted by Gasteiger charge is 2.41. The number of hydrogen-bond donors (Lipinski definition) is 14. The Morgan fingerprint density at radius 3 is 1.88 bits per heavy atom. The number of nitrogens with zero attached hydrogens (tertiary/aromatic N) is 3. The van der Waals surface area contributed by atoms with Crippen molar-refractivity contribution >= 4 is 146 Å². The van der Waals surface area contributed by atoms with E-state index in [4.69, 9.17) is 20.3 Å². The number of benzene rings is 3. The number of aromatic nitrogens is 1. The number of phenolic OH excluding ortho intramolecular Hbond substituents is 1. The average molecular weight is 1990 g/mol. The number of thiazole rings is 1. The van der Waals surface area contributed by atoms with E-state index < -0.39 is 181 Å². The van der Waals surface area contributed by atoms with Gasteiger partial charge in [0, 0.05) is 119 Å². The number of esters is 2. The molecule has 2 heterocycles. The number of piperidine rings is 1.